The highest BCUT2D eigenvalue weighted by molar-refractivity contribution is 5.81. The Hall–Kier alpha value is -1.89. The molecule has 0 saturated heterocycles. The third-order valence-corrected chi connectivity index (χ3v) is 2.37. The molecule has 2 rings (SSSR count). The summed E-state index contributed by atoms with van der Waals surface area (Å²) in [5, 5.41) is -0.0929. The standard InChI is InChI=1S/C11H9F3N2O2/c1-18-5-8-15-9-6(10(17)16-8)3-2-4-7(9)11(12,13)14/h2-4H,5H2,1H3,(H,15,16,17). The van der Waals surface area contributed by atoms with Crippen LogP contribution in [-0.2, 0) is 17.5 Å². The quantitative estimate of drug-likeness (QED) is 0.897. The number of aromatic amines is 1. The molecule has 0 aliphatic rings. The lowest BCUT2D eigenvalue weighted by Crippen LogP contribution is -2.15. The maximum absolute atomic E-state index is 12.8. The van der Waals surface area contributed by atoms with Crippen molar-refractivity contribution in [1.82, 2.24) is 9.97 Å². The second-order valence-electron chi connectivity index (χ2n) is 3.65. The Kier molecular flexibility index (Phi) is 3.08. The molecule has 0 bridgehead atoms. The van der Waals surface area contributed by atoms with Gasteiger partial charge in [0.1, 0.15) is 12.4 Å². The zero-order chi connectivity index (χ0) is 13.3. The van der Waals surface area contributed by atoms with Gasteiger partial charge >= 0.3 is 6.18 Å². The number of para-hydroxylation sites is 1. The fourth-order valence-corrected chi connectivity index (χ4v) is 1.64. The number of fused-ring (bicyclic) bond motifs is 1. The molecule has 7 heteroatoms. The first-order valence-corrected chi connectivity index (χ1v) is 5.01. The van der Waals surface area contributed by atoms with Crippen molar-refractivity contribution in [1.29, 1.82) is 0 Å². The summed E-state index contributed by atoms with van der Waals surface area (Å²) in [6.45, 7) is -0.0582. The number of rotatable bonds is 2. The topological polar surface area (TPSA) is 55.0 Å². The van der Waals surface area contributed by atoms with Gasteiger partial charge in [-0.1, -0.05) is 6.07 Å². The monoisotopic (exact) mass is 258 g/mol. The average Bonchev–Trinajstić information content (AvgIpc) is 2.27. The number of halogens is 3. The molecule has 0 aliphatic carbocycles. The van der Waals surface area contributed by atoms with Gasteiger partial charge in [-0.25, -0.2) is 4.98 Å². The highest BCUT2D eigenvalue weighted by atomic mass is 19.4. The Bertz CT molecular complexity index is 634. The van der Waals surface area contributed by atoms with Crippen molar-refractivity contribution in [3.8, 4) is 0 Å². The summed E-state index contributed by atoms with van der Waals surface area (Å²) in [7, 11) is 1.36. The van der Waals surface area contributed by atoms with Crippen LogP contribution in [-0.4, -0.2) is 17.1 Å². The Morgan fingerprint density at radius 3 is 2.72 bits per heavy atom. The van der Waals surface area contributed by atoms with Gasteiger partial charge in [-0.15, -0.1) is 0 Å². The van der Waals surface area contributed by atoms with E-state index in [0.717, 1.165) is 6.07 Å². The Morgan fingerprint density at radius 2 is 2.11 bits per heavy atom. The van der Waals surface area contributed by atoms with Crippen LogP contribution in [0.5, 0.6) is 0 Å². The molecule has 0 radical (unpaired) electrons. The maximum atomic E-state index is 12.8. The number of hydrogen-bond acceptors (Lipinski definition) is 3. The predicted octanol–water partition coefficient (Wildman–Crippen LogP) is 2.09. The molecule has 0 saturated carbocycles. The van der Waals surface area contributed by atoms with E-state index in [9.17, 15) is 18.0 Å². The molecule has 4 nitrogen and oxygen atoms in total. The van der Waals surface area contributed by atoms with Gasteiger partial charge in [-0.3, -0.25) is 4.79 Å². The zero-order valence-corrected chi connectivity index (χ0v) is 9.34. The number of hydrogen-bond donors (Lipinski definition) is 1. The number of nitrogens with one attached hydrogen (secondary N) is 1. The molecular formula is C11H9F3N2O2. The van der Waals surface area contributed by atoms with Crippen LogP contribution in [0.25, 0.3) is 10.9 Å². The molecular weight excluding hydrogens is 249 g/mol. The highest BCUT2D eigenvalue weighted by Gasteiger charge is 2.33. The molecule has 96 valence electrons. The molecule has 1 N–H and O–H groups in total. The van der Waals surface area contributed by atoms with Crippen LogP contribution < -0.4 is 5.56 Å². The van der Waals surface area contributed by atoms with E-state index in [1.807, 2.05) is 0 Å². The van der Waals surface area contributed by atoms with Crippen molar-refractivity contribution >= 4 is 10.9 Å². The van der Waals surface area contributed by atoms with Crippen molar-refractivity contribution in [2.75, 3.05) is 7.11 Å². The van der Waals surface area contributed by atoms with Crippen LogP contribution in [0, 0.1) is 0 Å². The van der Waals surface area contributed by atoms with E-state index in [4.69, 9.17) is 4.74 Å². The van der Waals surface area contributed by atoms with Crippen LogP contribution in [0.1, 0.15) is 11.4 Å². The normalized spacial score (nSPS) is 12.0. The molecule has 2 aromatic rings. The van der Waals surface area contributed by atoms with E-state index in [1.165, 1.54) is 19.2 Å². The minimum Gasteiger partial charge on any atom is -0.377 e. The molecule has 1 heterocycles. The number of methoxy groups -OCH3 is 1. The van der Waals surface area contributed by atoms with Crippen LogP contribution >= 0.6 is 0 Å². The number of nitrogens with zero attached hydrogens (tertiary/aromatic N) is 1. The van der Waals surface area contributed by atoms with Gasteiger partial charge in [-0.2, -0.15) is 13.2 Å². The van der Waals surface area contributed by atoms with Crippen molar-refractivity contribution in [2.45, 2.75) is 12.8 Å². The smallest absolute Gasteiger partial charge is 0.377 e. The third-order valence-electron chi connectivity index (χ3n) is 2.37. The van der Waals surface area contributed by atoms with Crippen molar-refractivity contribution < 1.29 is 17.9 Å². The number of benzene rings is 1. The number of H-pyrrole nitrogens is 1. The number of alkyl halides is 3. The highest BCUT2D eigenvalue weighted by Crippen LogP contribution is 2.32. The second kappa shape index (κ2) is 4.41. The summed E-state index contributed by atoms with van der Waals surface area (Å²) in [6.07, 6.45) is -4.55. The summed E-state index contributed by atoms with van der Waals surface area (Å²) >= 11 is 0. The summed E-state index contributed by atoms with van der Waals surface area (Å²) in [5.41, 5.74) is -1.90. The predicted molar refractivity (Wildman–Crippen MR) is 58.1 cm³/mol. The third kappa shape index (κ3) is 2.21. The van der Waals surface area contributed by atoms with Crippen LogP contribution in [0.4, 0.5) is 13.2 Å². The van der Waals surface area contributed by atoms with E-state index >= 15 is 0 Å². The van der Waals surface area contributed by atoms with E-state index in [-0.39, 0.29) is 23.3 Å². The fraction of sp³-hybridized carbons (Fsp3) is 0.273. The van der Waals surface area contributed by atoms with Crippen molar-refractivity contribution in [2.24, 2.45) is 0 Å². The lowest BCUT2D eigenvalue weighted by atomic mass is 10.1. The number of ether oxygens (including phenoxy) is 1. The summed E-state index contributed by atoms with van der Waals surface area (Å²) < 4.78 is 43.1. The lowest BCUT2D eigenvalue weighted by molar-refractivity contribution is -0.136. The maximum Gasteiger partial charge on any atom is 0.418 e. The van der Waals surface area contributed by atoms with Crippen LogP contribution in [0.15, 0.2) is 23.0 Å². The van der Waals surface area contributed by atoms with Gasteiger partial charge in [0, 0.05) is 7.11 Å². The van der Waals surface area contributed by atoms with Crippen LogP contribution in [0.2, 0.25) is 0 Å². The zero-order valence-electron chi connectivity index (χ0n) is 9.34. The Morgan fingerprint density at radius 1 is 1.39 bits per heavy atom. The first-order chi connectivity index (χ1) is 8.43. The molecule has 0 atom stereocenters. The van der Waals surface area contributed by atoms with Gasteiger partial charge in [0.05, 0.1) is 16.5 Å². The van der Waals surface area contributed by atoms with E-state index < -0.39 is 17.3 Å². The summed E-state index contributed by atoms with van der Waals surface area (Å²) in [4.78, 5) is 17.8. The van der Waals surface area contributed by atoms with E-state index in [2.05, 4.69) is 9.97 Å². The molecule has 0 aliphatic heterocycles. The molecule has 1 aromatic heterocycles. The largest absolute Gasteiger partial charge is 0.418 e. The lowest BCUT2D eigenvalue weighted by Gasteiger charge is -2.10. The van der Waals surface area contributed by atoms with Gasteiger partial charge < -0.3 is 9.72 Å². The van der Waals surface area contributed by atoms with Gasteiger partial charge in [0.2, 0.25) is 0 Å². The minimum atomic E-state index is -4.55. The van der Waals surface area contributed by atoms with Gasteiger partial charge in [-0.05, 0) is 12.1 Å². The first kappa shape index (κ1) is 12.6. The first-order valence-electron chi connectivity index (χ1n) is 5.01. The molecule has 1 aromatic carbocycles. The summed E-state index contributed by atoms with van der Waals surface area (Å²) in [6, 6.07) is 3.37. The SMILES string of the molecule is COCc1nc2c(C(F)(F)F)cccc2c(=O)[nH]1. The van der Waals surface area contributed by atoms with Gasteiger partial charge in [0.15, 0.2) is 0 Å². The number of aromatic nitrogens is 2. The minimum absolute atomic E-state index is 0.0582. The summed E-state index contributed by atoms with van der Waals surface area (Å²) in [5.74, 6) is 0.0618. The molecule has 18 heavy (non-hydrogen) atoms. The van der Waals surface area contributed by atoms with Crippen molar-refractivity contribution in [3.63, 3.8) is 0 Å². The molecule has 0 spiro atoms. The van der Waals surface area contributed by atoms with Gasteiger partial charge in [0.25, 0.3) is 5.56 Å². The molecule has 0 amide bonds. The van der Waals surface area contributed by atoms with Crippen molar-refractivity contribution in [3.05, 3.63) is 39.9 Å². The second-order valence-corrected chi connectivity index (χ2v) is 3.65. The van der Waals surface area contributed by atoms with E-state index in [1.54, 1.807) is 0 Å². The Labute approximate surface area is 99.4 Å². The van der Waals surface area contributed by atoms with E-state index in [0.29, 0.717) is 0 Å². The molecule has 0 fully saturated rings. The van der Waals surface area contributed by atoms with Crippen LogP contribution in [0.3, 0.4) is 0 Å². The molecule has 0 unspecified atom stereocenters. The Balaban J connectivity index is 2.78. The average molecular weight is 258 g/mol. The fourth-order valence-electron chi connectivity index (χ4n) is 1.64.